The summed E-state index contributed by atoms with van der Waals surface area (Å²) in [6, 6.07) is 0. The van der Waals surface area contributed by atoms with Gasteiger partial charge in [0.2, 0.25) is 0 Å². The molecule has 100 valence electrons. The maximum atomic E-state index is 10.7. The van der Waals surface area contributed by atoms with E-state index in [9.17, 15) is 4.79 Å². The fraction of sp³-hybridized carbons (Fsp3) is 0.929. The fourth-order valence-corrected chi connectivity index (χ4v) is 3.20. The predicted molar refractivity (Wildman–Crippen MR) is 68.1 cm³/mol. The van der Waals surface area contributed by atoms with E-state index in [1.807, 2.05) is 6.92 Å². The Bertz CT molecular complexity index is 260. The molecule has 1 aliphatic carbocycles. The SMILES string of the molecule is CCC(OC(=O)O)C(C)C1CCCC(C)(C)C1. The van der Waals surface area contributed by atoms with E-state index in [-0.39, 0.29) is 6.10 Å². The Hall–Kier alpha value is -0.730. The van der Waals surface area contributed by atoms with Gasteiger partial charge < -0.3 is 9.84 Å². The third-order valence-electron chi connectivity index (χ3n) is 4.23. The van der Waals surface area contributed by atoms with Crippen molar-refractivity contribution in [3.05, 3.63) is 0 Å². The van der Waals surface area contributed by atoms with Gasteiger partial charge >= 0.3 is 6.16 Å². The lowest BCUT2D eigenvalue weighted by atomic mass is 9.67. The molecule has 0 aromatic heterocycles. The fourth-order valence-electron chi connectivity index (χ4n) is 3.20. The molecule has 0 saturated heterocycles. The normalized spacial score (nSPS) is 27.2. The van der Waals surface area contributed by atoms with Crippen LogP contribution in [0, 0.1) is 17.3 Å². The Morgan fingerprint density at radius 1 is 1.53 bits per heavy atom. The molecule has 1 fully saturated rings. The lowest BCUT2D eigenvalue weighted by molar-refractivity contribution is -0.00233. The van der Waals surface area contributed by atoms with E-state index in [4.69, 9.17) is 9.84 Å². The topological polar surface area (TPSA) is 46.5 Å². The molecule has 0 radical (unpaired) electrons. The van der Waals surface area contributed by atoms with E-state index < -0.39 is 6.16 Å². The number of ether oxygens (including phenoxy) is 1. The summed E-state index contributed by atoms with van der Waals surface area (Å²) in [4.78, 5) is 10.7. The maximum absolute atomic E-state index is 10.7. The second-order valence-electron chi connectivity index (χ2n) is 6.21. The highest BCUT2D eigenvalue weighted by atomic mass is 16.7. The number of carboxylic acid groups (broad SMARTS) is 1. The highest BCUT2D eigenvalue weighted by Crippen LogP contribution is 2.42. The summed E-state index contributed by atoms with van der Waals surface area (Å²) >= 11 is 0. The van der Waals surface area contributed by atoms with Crippen LogP contribution in [0.3, 0.4) is 0 Å². The summed E-state index contributed by atoms with van der Waals surface area (Å²) < 4.78 is 5.00. The van der Waals surface area contributed by atoms with Crippen molar-refractivity contribution in [1.82, 2.24) is 0 Å². The lowest BCUT2D eigenvalue weighted by Crippen LogP contribution is -2.34. The van der Waals surface area contributed by atoms with Gasteiger partial charge in [0.15, 0.2) is 0 Å². The lowest BCUT2D eigenvalue weighted by Gasteiger charge is -2.39. The van der Waals surface area contributed by atoms with Gasteiger partial charge in [-0.2, -0.15) is 0 Å². The van der Waals surface area contributed by atoms with Crippen LogP contribution in [0.2, 0.25) is 0 Å². The molecular weight excluding hydrogens is 216 g/mol. The minimum absolute atomic E-state index is 0.147. The van der Waals surface area contributed by atoms with Crippen molar-refractivity contribution >= 4 is 6.16 Å². The molecule has 0 aliphatic heterocycles. The summed E-state index contributed by atoms with van der Waals surface area (Å²) in [7, 11) is 0. The van der Waals surface area contributed by atoms with E-state index in [0.717, 1.165) is 6.42 Å². The summed E-state index contributed by atoms with van der Waals surface area (Å²) in [5, 5.41) is 8.74. The van der Waals surface area contributed by atoms with E-state index in [1.54, 1.807) is 0 Å². The zero-order valence-electron chi connectivity index (χ0n) is 11.5. The van der Waals surface area contributed by atoms with Crippen LogP contribution in [-0.4, -0.2) is 17.4 Å². The van der Waals surface area contributed by atoms with Gasteiger partial charge in [-0.1, -0.05) is 40.5 Å². The van der Waals surface area contributed by atoms with Crippen molar-refractivity contribution in [3.63, 3.8) is 0 Å². The molecule has 0 spiro atoms. The van der Waals surface area contributed by atoms with Crippen molar-refractivity contribution in [2.75, 3.05) is 0 Å². The average Bonchev–Trinajstić information content (AvgIpc) is 2.23. The van der Waals surface area contributed by atoms with Crippen LogP contribution >= 0.6 is 0 Å². The first kappa shape index (κ1) is 14.3. The third-order valence-corrected chi connectivity index (χ3v) is 4.23. The van der Waals surface area contributed by atoms with Crippen molar-refractivity contribution in [1.29, 1.82) is 0 Å². The molecule has 1 aliphatic rings. The summed E-state index contributed by atoms with van der Waals surface area (Å²) in [6.45, 7) is 8.76. The van der Waals surface area contributed by atoms with Gasteiger partial charge in [0.1, 0.15) is 6.10 Å². The summed E-state index contributed by atoms with van der Waals surface area (Å²) in [5.74, 6) is 0.929. The molecule has 17 heavy (non-hydrogen) atoms. The molecule has 0 bridgehead atoms. The van der Waals surface area contributed by atoms with Crippen LogP contribution in [0.25, 0.3) is 0 Å². The Labute approximate surface area is 105 Å². The quantitative estimate of drug-likeness (QED) is 0.747. The third kappa shape index (κ3) is 4.21. The van der Waals surface area contributed by atoms with Gasteiger partial charge in [0.25, 0.3) is 0 Å². The Morgan fingerprint density at radius 2 is 2.18 bits per heavy atom. The zero-order chi connectivity index (χ0) is 13.1. The van der Waals surface area contributed by atoms with E-state index in [2.05, 4.69) is 20.8 Å². The Kier molecular flexibility index (Phi) is 4.84. The number of hydrogen-bond donors (Lipinski definition) is 1. The molecule has 1 rings (SSSR count). The molecule has 3 nitrogen and oxygen atoms in total. The summed E-state index contributed by atoms with van der Waals surface area (Å²) in [5.41, 5.74) is 0.401. The standard InChI is InChI=1S/C14H26O3/c1-5-12(17-13(15)16)10(2)11-7-6-8-14(3,4)9-11/h10-12H,5-9H2,1-4H3,(H,15,16). The van der Waals surface area contributed by atoms with Gasteiger partial charge in [-0.25, -0.2) is 4.79 Å². The number of hydrogen-bond acceptors (Lipinski definition) is 2. The first-order chi connectivity index (χ1) is 7.85. The molecular formula is C14H26O3. The van der Waals surface area contributed by atoms with Crippen LogP contribution in [0.1, 0.15) is 59.8 Å². The number of carbonyl (C=O) groups is 1. The smallest absolute Gasteiger partial charge is 0.450 e. The first-order valence-corrected chi connectivity index (χ1v) is 6.75. The molecule has 1 N–H and O–H groups in total. The minimum atomic E-state index is -1.14. The molecule has 1 saturated carbocycles. The van der Waals surface area contributed by atoms with Crippen LogP contribution in [0.4, 0.5) is 4.79 Å². The van der Waals surface area contributed by atoms with Crippen LogP contribution in [0.15, 0.2) is 0 Å². The van der Waals surface area contributed by atoms with Gasteiger partial charge in [-0.15, -0.1) is 0 Å². The van der Waals surface area contributed by atoms with Crippen LogP contribution in [0.5, 0.6) is 0 Å². The molecule has 3 unspecified atom stereocenters. The van der Waals surface area contributed by atoms with Crippen LogP contribution < -0.4 is 0 Å². The molecule has 3 atom stereocenters. The Balaban J connectivity index is 2.60. The molecule has 0 heterocycles. The molecule has 3 heteroatoms. The maximum Gasteiger partial charge on any atom is 0.506 e. The van der Waals surface area contributed by atoms with Crippen molar-refractivity contribution in [2.24, 2.45) is 17.3 Å². The largest absolute Gasteiger partial charge is 0.506 e. The van der Waals surface area contributed by atoms with E-state index in [0.29, 0.717) is 17.3 Å². The van der Waals surface area contributed by atoms with Crippen LogP contribution in [-0.2, 0) is 4.74 Å². The van der Waals surface area contributed by atoms with Gasteiger partial charge in [-0.05, 0) is 36.5 Å². The highest BCUT2D eigenvalue weighted by Gasteiger charge is 2.34. The van der Waals surface area contributed by atoms with Gasteiger partial charge in [-0.3, -0.25) is 0 Å². The minimum Gasteiger partial charge on any atom is -0.450 e. The van der Waals surface area contributed by atoms with E-state index in [1.165, 1.54) is 25.7 Å². The molecule has 0 aromatic carbocycles. The zero-order valence-corrected chi connectivity index (χ0v) is 11.5. The average molecular weight is 242 g/mol. The monoisotopic (exact) mass is 242 g/mol. The summed E-state index contributed by atoms with van der Waals surface area (Å²) in [6.07, 6.45) is 4.42. The Morgan fingerprint density at radius 3 is 2.65 bits per heavy atom. The molecule has 0 aromatic rings. The molecule has 0 amide bonds. The first-order valence-electron chi connectivity index (χ1n) is 6.75. The van der Waals surface area contributed by atoms with Gasteiger partial charge in [0, 0.05) is 0 Å². The highest BCUT2D eigenvalue weighted by molar-refractivity contribution is 5.57. The number of rotatable bonds is 4. The van der Waals surface area contributed by atoms with Crippen molar-refractivity contribution in [3.8, 4) is 0 Å². The second-order valence-corrected chi connectivity index (χ2v) is 6.21. The van der Waals surface area contributed by atoms with Crippen molar-refractivity contribution < 1.29 is 14.6 Å². The second kappa shape index (κ2) is 5.74. The predicted octanol–water partition coefficient (Wildman–Crippen LogP) is 4.31. The van der Waals surface area contributed by atoms with Gasteiger partial charge in [0.05, 0.1) is 0 Å². The van der Waals surface area contributed by atoms with Crippen molar-refractivity contribution in [2.45, 2.75) is 65.9 Å². The van der Waals surface area contributed by atoms with E-state index >= 15 is 0 Å².